The van der Waals surface area contributed by atoms with Gasteiger partial charge >= 0.3 is 0 Å². The molecule has 0 radical (unpaired) electrons. The summed E-state index contributed by atoms with van der Waals surface area (Å²) in [5.74, 6) is 1.46. The number of carbonyl (C=O) groups is 1. The molecule has 0 spiro atoms. The van der Waals surface area contributed by atoms with Crippen LogP contribution in [0.15, 0.2) is 0 Å². The number of carbonyl (C=O) groups excluding carboxylic acids is 1. The number of likely N-dealkylation sites (N-methyl/N-ethyl adjacent to an activating group) is 2. The van der Waals surface area contributed by atoms with Crippen LogP contribution in [0.25, 0.3) is 0 Å². The third-order valence-corrected chi connectivity index (χ3v) is 3.44. The summed E-state index contributed by atoms with van der Waals surface area (Å²) in [7, 11) is 3.83. The normalized spacial score (nSPS) is 26.3. The molecule has 0 aromatic carbocycles. The van der Waals surface area contributed by atoms with Crippen molar-refractivity contribution in [3.63, 3.8) is 0 Å². The van der Waals surface area contributed by atoms with Crippen LogP contribution in [0.3, 0.4) is 0 Å². The van der Waals surface area contributed by atoms with Gasteiger partial charge in [0.1, 0.15) is 0 Å². The lowest BCUT2D eigenvalue weighted by atomic mass is 9.82. The second kappa shape index (κ2) is 6.11. The van der Waals surface area contributed by atoms with Crippen LogP contribution in [-0.4, -0.2) is 38.0 Å². The minimum atomic E-state index is 0.294. The highest BCUT2D eigenvalue weighted by Gasteiger charge is 2.26. The van der Waals surface area contributed by atoms with E-state index in [1.165, 1.54) is 12.8 Å². The van der Waals surface area contributed by atoms with Gasteiger partial charge in [-0.1, -0.05) is 6.92 Å². The predicted molar refractivity (Wildman–Crippen MR) is 62.7 cm³/mol. The predicted octanol–water partition coefficient (Wildman–Crippen LogP) is 1.49. The first kappa shape index (κ1) is 12.5. The Morgan fingerprint density at radius 1 is 1.33 bits per heavy atom. The quantitative estimate of drug-likeness (QED) is 0.766. The second-order valence-corrected chi connectivity index (χ2v) is 4.82. The summed E-state index contributed by atoms with van der Waals surface area (Å²) < 4.78 is 0. The summed E-state index contributed by atoms with van der Waals surface area (Å²) in [5, 5.41) is 3.07. The summed E-state index contributed by atoms with van der Waals surface area (Å²) in [6.45, 7) is 3.98. The van der Waals surface area contributed by atoms with E-state index >= 15 is 0 Å². The Bertz CT molecular complexity index is 198. The molecule has 0 aromatic rings. The minimum Gasteiger partial charge on any atom is -0.344 e. The fourth-order valence-electron chi connectivity index (χ4n) is 2.21. The van der Waals surface area contributed by atoms with Crippen molar-refractivity contribution in [1.29, 1.82) is 0 Å². The number of nitrogens with one attached hydrogen (secondary N) is 1. The van der Waals surface area contributed by atoms with Gasteiger partial charge in [-0.3, -0.25) is 4.79 Å². The third-order valence-electron chi connectivity index (χ3n) is 3.44. The van der Waals surface area contributed by atoms with Crippen molar-refractivity contribution in [2.24, 2.45) is 11.8 Å². The molecule has 1 fully saturated rings. The first-order chi connectivity index (χ1) is 7.15. The number of hydrogen-bond donors (Lipinski definition) is 1. The highest BCUT2D eigenvalue weighted by Crippen LogP contribution is 2.29. The van der Waals surface area contributed by atoms with Crippen molar-refractivity contribution >= 4 is 5.91 Å². The van der Waals surface area contributed by atoms with Crippen LogP contribution in [0.2, 0.25) is 0 Å². The van der Waals surface area contributed by atoms with Gasteiger partial charge in [0, 0.05) is 26.1 Å². The summed E-state index contributed by atoms with van der Waals surface area (Å²) >= 11 is 0. The lowest BCUT2D eigenvalue weighted by Crippen LogP contribution is -2.38. The van der Waals surface area contributed by atoms with Gasteiger partial charge in [0.05, 0.1) is 0 Å². The summed E-state index contributed by atoms with van der Waals surface area (Å²) in [4.78, 5) is 13.9. The molecule has 88 valence electrons. The molecule has 0 aromatic heterocycles. The SMILES string of the molecule is CNCCN(C)C(=O)C1CCC(C)CC1. The van der Waals surface area contributed by atoms with E-state index < -0.39 is 0 Å². The van der Waals surface area contributed by atoms with Gasteiger partial charge in [-0.15, -0.1) is 0 Å². The van der Waals surface area contributed by atoms with Crippen LogP contribution in [0.4, 0.5) is 0 Å². The Morgan fingerprint density at radius 3 is 2.47 bits per heavy atom. The van der Waals surface area contributed by atoms with Gasteiger partial charge in [-0.25, -0.2) is 0 Å². The molecule has 3 heteroatoms. The minimum absolute atomic E-state index is 0.294. The van der Waals surface area contributed by atoms with E-state index in [1.54, 1.807) is 0 Å². The van der Waals surface area contributed by atoms with Gasteiger partial charge in [0.15, 0.2) is 0 Å². The standard InChI is InChI=1S/C12H24N2O/c1-10-4-6-11(7-5-10)12(15)14(3)9-8-13-2/h10-11,13H,4-9H2,1-3H3. The van der Waals surface area contributed by atoms with E-state index in [9.17, 15) is 4.79 Å². The van der Waals surface area contributed by atoms with E-state index in [0.717, 1.165) is 31.8 Å². The Hall–Kier alpha value is -0.570. The van der Waals surface area contributed by atoms with E-state index in [-0.39, 0.29) is 0 Å². The first-order valence-corrected chi connectivity index (χ1v) is 6.04. The van der Waals surface area contributed by atoms with Crippen LogP contribution in [0, 0.1) is 11.8 Å². The summed E-state index contributed by atoms with van der Waals surface area (Å²) in [6.07, 6.45) is 4.61. The Labute approximate surface area is 93.2 Å². The van der Waals surface area contributed by atoms with Crippen molar-refractivity contribution in [2.45, 2.75) is 32.6 Å². The number of rotatable bonds is 4. The van der Waals surface area contributed by atoms with Crippen LogP contribution in [0.1, 0.15) is 32.6 Å². The lowest BCUT2D eigenvalue weighted by Gasteiger charge is -2.29. The van der Waals surface area contributed by atoms with Gasteiger partial charge in [-0.2, -0.15) is 0 Å². The van der Waals surface area contributed by atoms with Crippen LogP contribution in [-0.2, 0) is 4.79 Å². The van der Waals surface area contributed by atoms with Gasteiger partial charge in [0.25, 0.3) is 0 Å². The van der Waals surface area contributed by atoms with Gasteiger partial charge in [-0.05, 0) is 38.6 Å². The Balaban J connectivity index is 2.32. The monoisotopic (exact) mass is 212 g/mol. The fraction of sp³-hybridized carbons (Fsp3) is 0.917. The smallest absolute Gasteiger partial charge is 0.225 e. The van der Waals surface area contributed by atoms with Crippen LogP contribution >= 0.6 is 0 Å². The Morgan fingerprint density at radius 2 is 1.93 bits per heavy atom. The molecule has 0 saturated heterocycles. The molecular formula is C12H24N2O. The fourth-order valence-corrected chi connectivity index (χ4v) is 2.21. The van der Waals surface area contributed by atoms with Crippen molar-refractivity contribution in [2.75, 3.05) is 27.2 Å². The Kier molecular flexibility index (Phi) is 5.09. The molecule has 1 N–H and O–H groups in total. The zero-order chi connectivity index (χ0) is 11.3. The maximum Gasteiger partial charge on any atom is 0.225 e. The lowest BCUT2D eigenvalue weighted by molar-refractivity contribution is -0.135. The van der Waals surface area contributed by atoms with E-state index in [0.29, 0.717) is 11.8 Å². The third kappa shape index (κ3) is 3.82. The number of nitrogens with zero attached hydrogens (tertiary/aromatic N) is 1. The van der Waals surface area contributed by atoms with Crippen molar-refractivity contribution in [3.8, 4) is 0 Å². The maximum atomic E-state index is 12.0. The average molecular weight is 212 g/mol. The zero-order valence-corrected chi connectivity index (χ0v) is 10.3. The van der Waals surface area contributed by atoms with Gasteiger partial charge in [0.2, 0.25) is 5.91 Å². The molecular weight excluding hydrogens is 188 g/mol. The molecule has 0 heterocycles. The van der Waals surface area contributed by atoms with Crippen LogP contribution < -0.4 is 5.32 Å². The molecule has 0 unspecified atom stereocenters. The molecule has 1 saturated carbocycles. The number of amides is 1. The van der Waals surface area contributed by atoms with Crippen LogP contribution in [0.5, 0.6) is 0 Å². The molecule has 3 nitrogen and oxygen atoms in total. The average Bonchev–Trinajstić information content (AvgIpc) is 2.26. The van der Waals surface area contributed by atoms with Gasteiger partial charge < -0.3 is 10.2 Å². The molecule has 0 atom stereocenters. The topological polar surface area (TPSA) is 32.3 Å². The summed E-state index contributed by atoms with van der Waals surface area (Å²) in [5.41, 5.74) is 0. The van der Waals surface area contributed by atoms with Crippen molar-refractivity contribution < 1.29 is 4.79 Å². The van der Waals surface area contributed by atoms with Crippen molar-refractivity contribution in [3.05, 3.63) is 0 Å². The highest BCUT2D eigenvalue weighted by atomic mass is 16.2. The zero-order valence-electron chi connectivity index (χ0n) is 10.3. The molecule has 0 aliphatic heterocycles. The maximum absolute atomic E-state index is 12.0. The first-order valence-electron chi connectivity index (χ1n) is 6.04. The number of hydrogen-bond acceptors (Lipinski definition) is 2. The molecule has 1 aliphatic rings. The summed E-state index contributed by atoms with van der Waals surface area (Å²) in [6, 6.07) is 0. The highest BCUT2D eigenvalue weighted by molar-refractivity contribution is 5.78. The van der Waals surface area contributed by atoms with E-state index in [2.05, 4.69) is 12.2 Å². The molecule has 1 rings (SSSR count). The molecule has 1 aliphatic carbocycles. The second-order valence-electron chi connectivity index (χ2n) is 4.82. The molecule has 15 heavy (non-hydrogen) atoms. The van der Waals surface area contributed by atoms with E-state index in [4.69, 9.17) is 0 Å². The van der Waals surface area contributed by atoms with Crippen molar-refractivity contribution in [1.82, 2.24) is 10.2 Å². The molecule has 1 amide bonds. The largest absolute Gasteiger partial charge is 0.344 e. The van der Waals surface area contributed by atoms with E-state index in [1.807, 2.05) is 19.0 Å². The molecule has 0 bridgehead atoms.